The number of nitrogens with zero attached hydrogens (tertiary/aromatic N) is 3. The number of ketones is 1. The lowest BCUT2D eigenvalue weighted by atomic mass is 10.1. The molecule has 0 unspecified atom stereocenters. The van der Waals surface area contributed by atoms with E-state index >= 15 is 0 Å². The third-order valence-electron chi connectivity index (χ3n) is 2.99. The van der Waals surface area contributed by atoms with Crippen LogP contribution < -0.4 is 0 Å². The molecule has 106 valence electrons. The first kappa shape index (κ1) is 15.0. The van der Waals surface area contributed by atoms with Gasteiger partial charge in [0.15, 0.2) is 5.78 Å². The summed E-state index contributed by atoms with van der Waals surface area (Å²) in [6, 6.07) is 4.92. The lowest BCUT2D eigenvalue weighted by Gasteiger charge is -2.15. The first-order valence-electron chi connectivity index (χ1n) is 6.10. The van der Waals surface area contributed by atoms with Crippen molar-refractivity contribution in [3.05, 3.63) is 52.0 Å². The second-order valence-electron chi connectivity index (χ2n) is 4.68. The number of aryl methyl sites for hydroxylation is 1. The summed E-state index contributed by atoms with van der Waals surface area (Å²) in [5.74, 6) is 0.912. The second-order valence-corrected chi connectivity index (χ2v) is 5.49. The van der Waals surface area contributed by atoms with Gasteiger partial charge in [0.1, 0.15) is 5.82 Å². The van der Waals surface area contributed by atoms with E-state index < -0.39 is 0 Å². The molecule has 0 aliphatic carbocycles. The van der Waals surface area contributed by atoms with Crippen LogP contribution in [0, 0.1) is 0 Å². The summed E-state index contributed by atoms with van der Waals surface area (Å²) < 4.78 is 1.93. The molecule has 1 heterocycles. The smallest absolute Gasteiger partial charge is 0.176 e. The minimum absolute atomic E-state index is 0.000255. The van der Waals surface area contributed by atoms with Crippen LogP contribution in [0.25, 0.3) is 0 Å². The van der Waals surface area contributed by atoms with Crippen molar-refractivity contribution < 1.29 is 4.79 Å². The highest BCUT2D eigenvalue weighted by molar-refractivity contribution is 6.42. The van der Waals surface area contributed by atoms with E-state index in [1.54, 1.807) is 24.4 Å². The van der Waals surface area contributed by atoms with Gasteiger partial charge in [0.05, 0.1) is 23.1 Å². The van der Waals surface area contributed by atoms with Crippen molar-refractivity contribution in [1.29, 1.82) is 0 Å². The van der Waals surface area contributed by atoms with E-state index in [1.165, 1.54) is 0 Å². The fourth-order valence-electron chi connectivity index (χ4n) is 1.85. The molecule has 0 aliphatic heterocycles. The summed E-state index contributed by atoms with van der Waals surface area (Å²) in [5, 5.41) is 0.842. The number of carbonyl (C=O) groups is 1. The number of aromatic nitrogens is 2. The van der Waals surface area contributed by atoms with Gasteiger partial charge in [0.25, 0.3) is 0 Å². The van der Waals surface area contributed by atoms with Crippen molar-refractivity contribution in [1.82, 2.24) is 14.5 Å². The quantitative estimate of drug-likeness (QED) is 0.797. The van der Waals surface area contributed by atoms with Crippen LogP contribution in [0.1, 0.15) is 16.2 Å². The van der Waals surface area contributed by atoms with Gasteiger partial charge in [-0.15, -0.1) is 0 Å². The molecule has 0 saturated carbocycles. The van der Waals surface area contributed by atoms with Crippen molar-refractivity contribution in [2.24, 2.45) is 7.05 Å². The molecule has 0 bridgehead atoms. The predicted octanol–water partition coefficient (Wildman–Crippen LogP) is 3.04. The SMILES string of the molecule is CN(CC(=O)c1ccc(Cl)c(Cl)c1)Cc1nccn1C. The Morgan fingerprint density at radius 2 is 2.10 bits per heavy atom. The Morgan fingerprint density at radius 3 is 2.70 bits per heavy atom. The Kier molecular flexibility index (Phi) is 4.81. The number of halogens is 2. The summed E-state index contributed by atoms with van der Waals surface area (Å²) in [6.45, 7) is 0.904. The minimum Gasteiger partial charge on any atom is -0.337 e. The monoisotopic (exact) mass is 311 g/mol. The van der Waals surface area contributed by atoms with Crippen LogP contribution >= 0.6 is 23.2 Å². The van der Waals surface area contributed by atoms with Crippen LogP contribution in [0.2, 0.25) is 10.0 Å². The molecule has 0 radical (unpaired) electrons. The molecule has 0 N–H and O–H groups in total. The highest BCUT2D eigenvalue weighted by Crippen LogP contribution is 2.22. The summed E-state index contributed by atoms with van der Waals surface area (Å²) in [6.07, 6.45) is 3.62. The second kappa shape index (κ2) is 6.39. The molecule has 1 aromatic heterocycles. The molecule has 0 spiro atoms. The summed E-state index contributed by atoms with van der Waals surface area (Å²) in [5.41, 5.74) is 0.561. The molecule has 0 atom stereocenters. The van der Waals surface area contributed by atoms with Gasteiger partial charge in [-0.25, -0.2) is 4.98 Å². The predicted molar refractivity (Wildman–Crippen MR) is 80.3 cm³/mol. The molecule has 1 aromatic carbocycles. The van der Waals surface area contributed by atoms with Gasteiger partial charge in [-0.1, -0.05) is 23.2 Å². The normalized spacial score (nSPS) is 11.1. The molecule has 0 amide bonds. The molecular formula is C14H15Cl2N3O. The van der Waals surface area contributed by atoms with Crippen molar-refractivity contribution >= 4 is 29.0 Å². The van der Waals surface area contributed by atoms with Crippen LogP contribution in [0.3, 0.4) is 0 Å². The number of carbonyl (C=O) groups excluding carboxylic acids is 1. The average Bonchev–Trinajstić information content (AvgIpc) is 2.78. The molecule has 2 rings (SSSR count). The fourth-order valence-corrected chi connectivity index (χ4v) is 2.15. The van der Waals surface area contributed by atoms with E-state index in [0.717, 1.165) is 5.82 Å². The van der Waals surface area contributed by atoms with Crippen molar-refractivity contribution in [3.8, 4) is 0 Å². The van der Waals surface area contributed by atoms with Crippen LogP contribution in [0.4, 0.5) is 0 Å². The fraction of sp³-hybridized carbons (Fsp3) is 0.286. The van der Waals surface area contributed by atoms with E-state index in [4.69, 9.17) is 23.2 Å². The third-order valence-corrected chi connectivity index (χ3v) is 3.73. The molecule has 4 nitrogen and oxygen atoms in total. The largest absolute Gasteiger partial charge is 0.337 e. The zero-order valence-electron chi connectivity index (χ0n) is 11.3. The standard InChI is InChI=1S/C14H15Cl2N3O/c1-18(9-14-17-5-6-19(14)2)8-13(20)10-3-4-11(15)12(16)7-10/h3-7H,8-9H2,1-2H3. The number of benzene rings is 1. The highest BCUT2D eigenvalue weighted by Gasteiger charge is 2.12. The Balaban J connectivity index is 2.00. The third kappa shape index (κ3) is 3.60. The number of hydrogen-bond acceptors (Lipinski definition) is 3. The van der Waals surface area contributed by atoms with Crippen LogP contribution in [-0.2, 0) is 13.6 Å². The van der Waals surface area contributed by atoms with Crippen LogP contribution in [0.15, 0.2) is 30.6 Å². The molecule has 0 saturated heterocycles. The number of rotatable bonds is 5. The maximum Gasteiger partial charge on any atom is 0.176 e. The van der Waals surface area contributed by atoms with E-state index in [0.29, 0.717) is 28.7 Å². The molecule has 6 heteroatoms. The maximum absolute atomic E-state index is 12.2. The van der Waals surface area contributed by atoms with Gasteiger partial charge in [0.2, 0.25) is 0 Å². The van der Waals surface area contributed by atoms with Crippen LogP contribution in [0.5, 0.6) is 0 Å². The van der Waals surface area contributed by atoms with Gasteiger partial charge >= 0.3 is 0 Å². The Morgan fingerprint density at radius 1 is 1.35 bits per heavy atom. The van der Waals surface area contributed by atoms with E-state index in [1.807, 2.05) is 29.8 Å². The number of likely N-dealkylation sites (N-methyl/N-ethyl adjacent to an activating group) is 1. The van der Waals surface area contributed by atoms with Crippen molar-refractivity contribution in [2.45, 2.75) is 6.54 Å². The van der Waals surface area contributed by atoms with Crippen molar-refractivity contribution in [2.75, 3.05) is 13.6 Å². The number of imidazole rings is 1. The summed E-state index contributed by atoms with van der Waals surface area (Å²) in [4.78, 5) is 18.3. The molecule has 20 heavy (non-hydrogen) atoms. The highest BCUT2D eigenvalue weighted by atomic mass is 35.5. The zero-order valence-corrected chi connectivity index (χ0v) is 12.8. The first-order chi connectivity index (χ1) is 9.47. The molecule has 0 fully saturated rings. The molecule has 2 aromatic rings. The first-order valence-corrected chi connectivity index (χ1v) is 6.86. The minimum atomic E-state index is 0.000255. The number of hydrogen-bond donors (Lipinski definition) is 0. The Hall–Kier alpha value is -1.36. The number of Topliss-reactive ketones (excluding diaryl/α,β-unsaturated/α-hetero) is 1. The lowest BCUT2D eigenvalue weighted by Crippen LogP contribution is -2.26. The van der Waals surface area contributed by atoms with Gasteiger partial charge in [-0.05, 0) is 25.2 Å². The maximum atomic E-state index is 12.2. The molecule has 0 aliphatic rings. The van der Waals surface area contributed by atoms with Gasteiger partial charge in [0, 0.05) is 25.0 Å². The summed E-state index contributed by atoms with van der Waals surface area (Å²) >= 11 is 11.8. The van der Waals surface area contributed by atoms with Crippen LogP contribution in [-0.4, -0.2) is 33.8 Å². The molecular weight excluding hydrogens is 297 g/mol. The van der Waals surface area contributed by atoms with E-state index in [2.05, 4.69) is 4.98 Å². The van der Waals surface area contributed by atoms with Crippen molar-refractivity contribution in [3.63, 3.8) is 0 Å². The topological polar surface area (TPSA) is 38.1 Å². The van der Waals surface area contributed by atoms with Gasteiger partial charge in [-0.3, -0.25) is 9.69 Å². The van der Waals surface area contributed by atoms with E-state index in [9.17, 15) is 4.79 Å². The summed E-state index contributed by atoms with van der Waals surface area (Å²) in [7, 11) is 3.81. The zero-order chi connectivity index (χ0) is 14.7. The Labute approximate surface area is 127 Å². The lowest BCUT2D eigenvalue weighted by molar-refractivity contribution is 0.0941. The van der Waals surface area contributed by atoms with E-state index in [-0.39, 0.29) is 5.78 Å². The van der Waals surface area contributed by atoms with Gasteiger partial charge in [-0.2, -0.15) is 0 Å². The average molecular weight is 312 g/mol. The Bertz CT molecular complexity index is 625. The van der Waals surface area contributed by atoms with Gasteiger partial charge < -0.3 is 4.57 Å².